The molecule has 0 aliphatic carbocycles. The highest BCUT2D eigenvalue weighted by Gasteiger charge is 2.13. The zero-order chi connectivity index (χ0) is 13.8. The topological polar surface area (TPSA) is 70.7 Å². The summed E-state index contributed by atoms with van der Waals surface area (Å²) in [5, 5.41) is 9.46. The van der Waals surface area contributed by atoms with E-state index in [1.165, 1.54) is 0 Å². The van der Waals surface area contributed by atoms with Gasteiger partial charge in [0.15, 0.2) is 0 Å². The highest BCUT2D eigenvalue weighted by Crippen LogP contribution is 2.23. The van der Waals surface area contributed by atoms with Crippen LogP contribution in [0.4, 0.5) is 5.69 Å². The van der Waals surface area contributed by atoms with E-state index in [9.17, 15) is 4.79 Å². The first-order chi connectivity index (χ1) is 9.10. The van der Waals surface area contributed by atoms with Crippen molar-refractivity contribution < 1.29 is 4.79 Å². The van der Waals surface area contributed by atoms with Crippen molar-refractivity contribution in [2.45, 2.75) is 26.7 Å². The number of H-pyrrole nitrogens is 1. The predicted molar refractivity (Wildman–Crippen MR) is 77.2 cm³/mol. The van der Waals surface area contributed by atoms with Gasteiger partial charge in [0.25, 0.3) is 5.91 Å². The van der Waals surface area contributed by atoms with Crippen LogP contribution in [0.3, 0.4) is 0 Å². The van der Waals surface area contributed by atoms with Gasteiger partial charge in [-0.3, -0.25) is 9.89 Å². The third-order valence-corrected chi connectivity index (χ3v) is 3.25. The van der Waals surface area contributed by atoms with Crippen molar-refractivity contribution in [3.05, 3.63) is 39.9 Å². The average Bonchev–Trinajstić information content (AvgIpc) is 2.82. The summed E-state index contributed by atoms with van der Waals surface area (Å²) < 4.78 is 0.838. The lowest BCUT2D eigenvalue weighted by Gasteiger charge is -2.05. The fourth-order valence-corrected chi connectivity index (χ4v) is 2.24. The number of hydrogen-bond acceptors (Lipinski definition) is 3. The van der Waals surface area contributed by atoms with E-state index in [-0.39, 0.29) is 11.7 Å². The van der Waals surface area contributed by atoms with Crippen molar-refractivity contribution in [3.63, 3.8) is 0 Å². The molecule has 100 valence electrons. The van der Waals surface area contributed by atoms with E-state index in [1.54, 1.807) is 0 Å². The van der Waals surface area contributed by atoms with Gasteiger partial charge in [0.05, 0.1) is 5.69 Å². The lowest BCUT2D eigenvalue weighted by molar-refractivity contribution is 0.101. The Morgan fingerprint density at radius 1 is 1.47 bits per heavy atom. The van der Waals surface area contributed by atoms with Crippen molar-refractivity contribution in [2.24, 2.45) is 0 Å². The number of carbonyl (C=O) groups is 1. The van der Waals surface area contributed by atoms with Gasteiger partial charge < -0.3 is 5.32 Å². The van der Waals surface area contributed by atoms with Crippen molar-refractivity contribution >= 4 is 27.5 Å². The van der Waals surface area contributed by atoms with Crippen LogP contribution in [0, 0.1) is 6.92 Å². The predicted octanol–water partition coefficient (Wildman–Crippen LogP) is 3.08. The maximum atomic E-state index is 12.0. The lowest BCUT2D eigenvalue weighted by atomic mass is 10.2. The first-order valence-electron chi connectivity index (χ1n) is 6.09. The smallest absolute Gasteiger partial charge is 0.295 e. The van der Waals surface area contributed by atoms with Crippen molar-refractivity contribution in [1.82, 2.24) is 15.2 Å². The molecule has 5 nitrogen and oxygen atoms in total. The van der Waals surface area contributed by atoms with Crippen molar-refractivity contribution in [3.8, 4) is 0 Å². The second-order valence-electron chi connectivity index (χ2n) is 4.29. The second-order valence-corrected chi connectivity index (χ2v) is 5.15. The van der Waals surface area contributed by atoms with E-state index < -0.39 is 0 Å². The summed E-state index contributed by atoms with van der Waals surface area (Å²) in [4.78, 5) is 16.1. The fourth-order valence-electron chi connectivity index (χ4n) is 1.65. The number of benzene rings is 1. The van der Waals surface area contributed by atoms with Crippen LogP contribution in [-0.4, -0.2) is 21.1 Å². The molecule has 0 saturated carbocycles. The number of amides is 1. The number of aromatic amines is 1. The molecule has 19 heavy (non-hydrogen) atoms. The summed E-state index contributed by atoms with van der Waals surface area (Å²) in [5.74, 6) is 0.578. The van der Waals surface area contributed by atoms with E-state index in [0.29, 0.717) is 5.69 Å². The Labute approximate surface area is 120 Å². The third kappa shape index (κ3) is 3.41. The zero-order valence-electron chi connectivity index (χ0n) is 10.8. The number of nitrogens with zero attached hydrogens (tertiary/aromatic N) is 2. The maximum absolute atomic E-state index is 12.0. The molecule has 2 aromatic rings. The first kappa shape index (κ1) is 13.7. The molecule has 2 rings (SSSR count). The normalized spacial score (nSPS) is 10.5. The van der Waals surface area contributed by atoms with E-state index in [1.807, 2.05) is 32.0 Å². The molecule has 2 N–H and O–H groups in total. The van der Waals surface area contributed by atoms with Gasteiger partial charge in [0.1, 0.15) is 5.82 Å². The SMILES string of the molecule is CCCc1nc(C(=O)Nc2ccc(C)cc2Br)n[nH]1. The van der Waals surface area contributed by atoms with Crippen LogP contribution in [0.15, 0.2) is 22.7 Å². The Morgan fingerprint density at radius 3 is 2.95 bits per heavy atom. The Kier molecular flexibility index (Phi) is 4.31. The Balaban J connectivity index is 2.11. The summed E-state index contributed by atoms with van der Waals surface area (Å²) in [7, 11) is 0. The second kappa shape index (κ2) is 5.97. The molecule has 6 heteroatoms. The lowest BCUT2D eigenvalue weighted by Crippen LogP contribution is -2.14. The van der Waals surface area contributed by atoms with Crippen LogP contribution in [0.2, 0.25) is 0 Å². The molecule has 0 atom stereocenters. The van der Waals surface area contributed by atoms with Crippen LogP contribution in [0.25, 0.3) is 0 Å². The highest BCUT2D eigenvalue weighted by atomic mass is 79.9. The van der Waals surface area contributed by atoms with Crippen molar-refractivity contribution in [2.75, 3.05) is 5.32 Å². The Morgan fingerprint density at radius 2 is 2.26 bits per heavy atom. The number of rotatable bonds is 4. The third-order valence-electron chi connectivity index (χ3n) is 2.59. The summed E-state index contributed by atoms with van der Waals surface area (Å²) in [6, 6.07) is 5.72. The van der Waals surface area contributed by atoms with Gasteiger partial charge in [-0.05, 0) is 47.0 Å². The molecule has 0 aliphatic rings. The molecule has 0 aliphatic heterocycles. The minimum absolute atomic E-state index is 0.163. The van der Waals surface area contributed by atoms with Crippen LogP contribution in [-0.2, 0) is 6.42 Å². The largest absolute Gasteiger partial charge is 0.318 e. The monoisotopic (exact) mass is 322 g/mol. The van der Waals surface area contributed by atoms with Gasteiger partial charge >= 0.3 is 0 Å². The molecule has 0 radical (unpaired) electrons. The molecule has 1 amide bonds. The van der Waals surface area contributed by atoms with Crippen LogP contribution in [0.5, 0.6) is 0 Å². The van der Waals surface area contributed by atoms with Crippen LogP contribution < -0.4 is 5.32 Å². The summed E-state index contributed by atoms with van der Waals surface area (Å²) >= 11 is 3.41. The van der Waals surface area contributed by atoms with Gasteiger partial charge in [0, 0.05) is 10.9 Å². The molecule has 1 aromatic heterocycles. The molecule has 0 saturated heterocycles. The Hall–Kier alpha value is -1.69. The number of aromatic nitrogens is 3. The van der Waals surface area contributed by atoms with E-state index >= 15 is 0 Å². The van der Waals surface area contributed by atoms with Crippen LogP contribution in [0.1, 0.15) is 35.4 Å². The van der Waals surface area contributed by atoms with Gasteiger partial charge in [0.2, 0.25) is 5.82 Å². The molecule has 0 fully saturated rings. The Bertz CT molecular complexity index is 594. The number of halogens is 1. The van der Waals surface area contributed by atoms with E-state index in [4.69, 9.17) is 0 Å². The van der Waals surface area contributed by atoms with E-state index in [2.05, 4.69) is 36.4 Å². The van der Waals surface area contributed by atoms with Gasteiger partial charge in [-0.15, -0.1) is 5.10 Å². The van der Waals surface area contributed by atoms with Gasteiger partial charge in [-0.25, -0.2) is 4.98 Å². The number of carbonyl (C=O) groups excluding carboxylic acids is 1. The molecule has 1 heterocycles. The summed E-state index contributed by atoms with van der Waals surface area (Å²) in [6.07, 6.45) is 1.74. The molecular formula is C13H15BrN4O. The first-order valence-corrected chi connectivity index (χ1v) is 6.88. The quantitative estimate of drug-likeness (QED) is 0.908. The van der Waals surface area contributed by atoms with Gasteiger partial charge in [-0.2, -0.15) is 0 Å². The molecule has 1 aromatic carbocycles. The van der Waals surface area contributed by atoms with Crippen molar-refractivity contribution in [1.29, 1.82) is 0 Å². The zero-order valence-corrected chi connectivity index (χ0v) is 12.4. The number of nitrogens with one attached hydrogen (secondary N) is 2. The average molecular weight is 323 g/mol. The summed E-state index contributed by atoms with van der Waals surface area (Å²) in [6.45, 7) is 4.04. The number of hydrogen-bond donors (Lipinski definition) is 2. The molecule has 0 unspecified atom stereocenters. The standard InChI is InChI=1S/C13H15BrN4O/c1-3-4-11-16-12(18-17-11)13(19)15-10-6-5-8(2)7-9(10)14/h5-7H,3-4H2,1-2H3,(H,15,19)(H,16,17,18). The van der Waals surface area contributed by atoms with E-state index in [0.717, 1.165) is 28.7 Å². The molecule has 0 spiro atoms. The molecular weight excluding hydrogens is 308 g/mol. The summed E-state index contributed by atoms with van der Waals surface area (Å²) in [5.41, 5.74) is 1.82. The minimum atomic E-state index is -0.317. The van der Waals surface area contributed by atoms with Gasteiger partial charge in [-0.1, -0.05) is 13.0 Å². The fraction of sp³-hybridized carbons (Fsp3) is 0.308. The highest BCUT2D eigenvalue weighted by molar-refractivity contribution is 9.10. The maximum Gasteiger partial charge on any atom is 0.295 e. The van der Waals surface area contributed by atoms with Crippen LogP contribution >= 0.6 is 15.9 Å². The minimum Gasteiger partial charge on any atom is -0.318 e. The number of aryl methyl sites for hydroxylation is 2. The number of anilines is 1. The molecule has 0 bridgehead atoms.